The molecule has 1 heterocycles. The fraction of sp³-hybridized carbons (Fsp3) is 0.250. The molecule has 100 valence electrons. The van der Waals surface area contributed by atoms with E-state index in [1.807, 2.05) is 0 Å². The zero-order valence-electron chi connectivity index (χ0n) is 10.1. The fourth-order valence-corrected chi connectivity index (χ4v) is 2.57. The van der Waals surface area contributed by atoms with Crippen molar-refractivity contribution in [2.75, 3.05) is 0 Å². The van der Waals surface area contributed by atoms with Gasteiger partial charge in [-0.25, -0.2) is 0 Å². The van der Waals surface area contributed by atoms with Crippen molar-refractivity contribution in [1.82, 2.24) is 4.98 Å². The molecule has 19 heavy (non-hydrogen) atoms. The fourth-order valence-electron chi connectivity index (χ4n) is 2.14. The highest BCUT2D eigenvalue weighted by molar-refractivity contribution is 9.10. The van der Waals surface area contributed by atoms with Gasteiger partial charge in [-0.2, -0.15) is 0 Å². The molecule has 1 aromatic heterocycles. The van der Waals surface area contributed by atoms with Gasteiger partial charge in [0.25, 0.3) is 5.69 Å². The van der Waals surface area contributed by atoms with Crippen molar-refractivity contribution in [3.8, 4) is 0 Å². The summed E-state index contributed by atoms with van der Waals surface area (Å²) in [6, 6.07) is 3.03. The number of carboxylic acids is 1. The van der Waals surface area contributed by atoms with Crippen LogP contribution in [-0.4, -0.2) is 21.0 Å². The van der Waals surface area contributed by atoms with Gasteiger partial charge in [-0.1, -0.05) is 0 Å². The number of carboxylic acid groups (broad SMARTS) is 1. The molecule has 6 nitrogen and oxygen atoms in total. The minimum absolute atomic E-state index is 0.0112. The lowest BCUT2D eigenvalue weighted by Crippen LogP contribution is -1.99. The molecule has 1 aromatic carbocycles. The van der Waals surface area contributed by atoms with Gasteiger partial charge in [-0.05, 0) is 40.9 Å². The Morgan fingerprint density at radius 3 is 2.79 bits per heavy atom. The summed E-state index contributed by atoms with van der Waals surface area (Å²) in [6.07, 6.45) is 0.204. The van der Waals surface area contributed by atoms with Gasteiger partial charge in [0, 0.05) is 22.7 Å². The Hall–Kier alpha value is -1.89. The van der Waals surface area contributed by atoms with Crippen LogP contribution in [0.5, 0.6) is 0 Å². The number of nitrogens with one attached hydrogen (secondary N) is 1. The number of H-pyrrole nitrogens is 1. The highest BCUT2D eigenvalue weighted by Crippen LogP contribution is 2.35. The Bertz CT molecular complexity index is 678. The van der Waals surface area contributed by atoms with Gasteiger partial charge in [0.1, 0.15) is 0 Å². The van der Waals surface area contributed by atoms with Crippen LogP contribution in [0, 0.1) is 17.0 Å². The molecule has 0 aliphatic carbocycles. The van der Waals surface area contributed by atoms with Gasteiger partial charge >= 0.3 is 5.97 Å². The van der Waals surface area contributed by atoms with Crippen molar-refractivity contribution in [1.29, 1.82) is 0 Å². The van der Waals surface area contributed by atoms with Gasteiger partial charge in [-0.15, -0.1) is 0 Å². The molecule has 0 bridgehead atoms. The number of nitro benzene ring substituents is 1. The predicted molar refractivity (Wildman–Crippen MR) is 73.3 cm³/mol. The third-order valence-corrected chi connectivity index (χ3v) is 3.65. The highest BCUT2D eigenvalue weighted by atomic mass is 79.9. The van der Waals surface area contributed by atoms with E-state index in [1.54, 1.807) is 13.0 Å². The molecule has 0 aliphatic heterocycles. The first-order valence-corrected chi connectivity index (χ1v) is 6.37. The van der Waals surface area contributed by atoms with E-state index in [2.05, 4.69) is 20.9 Å². The maximum atomic E-state index is 11.1. The zero-order valence-corrected chi connectivity index (χ0v) is 11.7. The Morgan fingerprint density at radius 2 is 2.21 bits per heavy atom. The summed E-state index contributed by atoms with van der Waals surface area (Å²) in [5.41, 5.74) is 2.06. The summed E-state index contributed by atoms with van der Waals surface area (Å²) in [6.45, 7) is 1.79. The number of carbonyl (C=O) groups is 1. The number of aryl methyl sites for hydroxylation is 2. The summed E-state index contributed by atoms with van der Waals surface area (Å²) in [4.78, 5) is 24.4. The van der Waals surface area contributed by atoms with Crippen molar-refractivity contribution in [2.45, 2.75) is 19.8 Å². The second-order valence-electron chi connectivity index (χ2n) is 4.20. The molecule has 0 saturated heterocycles. The monoisotopic (exact) mass is 326 g/mol. The lowest BCUT2D eigenvalue weighted by atomic mass is 10.0. The molecule has 0 aliphatic rings. The van der Waals surface area contributed by atoms with Crippen LogP contribution in [0.2, 0.25) is 0 Å². The molecular weight excluding hydrogens is 316 g/mol. The van der Waals surface area contributed by atoms with Crippen molar-refractivity contribution in [3.63, 3.8) is 0 Å². The van der Waals surface area contributed by atoms with Gasteiger partial charge in [0.2, 0.25) is 0 Å². The first kappa shape index (κ1) is 13.5. The van der Waals surface area contributed by atoms with E-state index in [4.69, 9.17) is 5.11 Å². The van der Waals surface area contributed by atoms with Crippen LogP contribution >= 0.6 is 15.9 Å². The number of halogens is 1. The second kappa shape index (κ2) is 5.00. The molecule has 2 rings (SSSR count). The largest absolute Gasteiger partial charge is 0.481 e. The minimum atomic E-state index is -0.925. The van der Waals surface area contributed by atoms with Crippen molar-refractivity contribution in [3.05, 3.63) is 38.0 Å². The molecule has 0 radical (unpaired) electrons. The Morgan fingerprint density at radius 1 is 1.53 bits per heavy atom. The van der Waals surface area contributed by atoms with Gasteiger partial charge in [0.15, 0.2) is 0 Å². The van der Waals surface area contributed by atoms with Crippen LogP contribution in [0.1, 0.15) is 17.7 Å². The molecule has 0 unspecified atom stereocenters. The number of nitrogens with zero attached hydrogens (tertiary/aromatic N) is 1. The molecule has 2 aromatic rings. The summed E-state index contributed by atoms with van der Waals surface area (Å²) in [7, 11) is 0. The average Bonchev–Trinajstić information content (AvgIpc) is 2.64. The van der Waals surface area contributed by atoms with Gasteiger partial charge in [-0.3, -0.25) is 14.9 Å². The number of non-ortho nitro benzene ring substituents is 1. The van der Waals surface area contributed by atoms with Crippen LogP contribution in [0.4, 0.5) is 5.69 Å². The third kappa shape index (κ3) is 2.46. The highest BCUT2D eigenvalue weighted by Gasteiger charge is 2.21. The summed E-state index contributed by atoms with van der Waals surface area (Å²) in [5, 5.41) is 20.3. The number of hydrogen-bond donors (Lipinski definition) is 2. The normalized spacial score (nSPS) is 10.8. The SMILES string of the molecule is Cc1[nH]c2c(Br)ccc([N+](=O)[O-])c2c1CCC(=O)O. The molecular formula is C12H11BrN2O4. The van der Waals surface area contributed by atoms with Crippen molar-refractivity contribution >= 4 is 38.5 Å². The molecule has 0 spiro atoms. The number of aromatic nitrogens is 1. The molecule has 0 saturated carbocycles. The number of rotatable bonds is 4. The number of nitro groups is 1. The maximum Gasteiger partial charge on any atom is 0.303 e. The van der Waals surface area contributed by atoms with Crippen molar-refractivity contribution in [2.24, 2.45) is 0 Å². The number of hydrogen-bond acceptors (Lipinski definition) is 3. The Balaban J connectivity index is 2.68. The standard InChI is InChI=1S/C12H11BrN2O4/c1-6-7(2-5-10(16)17)11-9(15(18)19)4-3-8(13)12(11)14-6/h3-4,14H,2,5H2,1H3,(H,16,17). The van der Waals surface area contributed by atoms with Gasteiger partial charge in [0.05, 0.1) is 15.8 Å². The number of benzene rings is 1. The van der Waals surface area contributed by atoms with E-state index in [0.717, 1.165) is 10.2 Å². The van der Waals surface area contributed by atoms with E-state index < -0.39 is 10.9 Å². The smallest absolute Gasteiger partial charge is 0.303 e. The minimum Gasteiger partial charge on any atom is -0.481 e. The Kier molecular flexibility index (Phi) is 3.57. The number of aromatic amines is 1. The number of fused-ring (bicyclic) bond motifs is 1. The van der Waals surface area contributed by atoms with Crippen LogP contribution in [0.3, 0.4) is 0 Å². The summed E-state index contributed by atoms with van der Waals surface area (Å²) >= 11 is 3.34. The topological polar surface area (TPSA) is 96.2 Å². The van der Waals surface area contributed by atoms with Crippen LogP contribution in [0.15, 0.2) is 16.6 Å². The average molecular weight is 327 g/mol. The lowest BCUT2D eigenvalue weighted by molar-refractivity contribution is -0.383. The van der Waals surface area contributed by atoms with Gasteiger partial charge < -0.3 is 10.1 Å². The Labute approximate surface area is 116 Å². The quantitative estimate of drug-likeness (QED) is 0.666. The third-order valence-electron chi connectivity index (χ3n) is 2.99. The van der Waals surface area contributed by atoms with Crippen LogP contribution in [0.25, 0.3) is 10.9 Å². The number of aliphatic carboxylic acids is 1. The maximum absolute atomic E-state index is 11.1. The lowest BCUT2D eigenvalue weighted by Gasteiger charge is -2.01. The summed E-state index contributed by atoms with van der Waals surface area (Å²) in [5.74, 6) is -0.925. The van der Waals surface area contributed by atoms with Crippen LogP contribution in [-0.2, 0) is 11.2 Å². The molecule has 0 fully saturated rings. The first-order chi connectivity index (χ1) is 8.91. The zero-order chi connectivity index (χ0) is 14.2. The van der Waals surface area contributed by atoms with E-state index in [9.17, 15) is 14.9 Å². The van der Waals surface area contributed by atoms with E-state index in [0.29, 0.717) is 16.5 Å². The molecule has 7 heteroatoms. The predicted octanol–water partition coefficient (Wildman–Crippen LogP) is 3.16. The summed E-state index contributed by atoms with van der Waals surface area (Å²) < 4.78 is 0.720. The molecule has 0 atom stereocenters. The second-order valence-corrected chi connectivity index (χ2v) is 5.05. The first-order valence-electron chi connectivity index (χ1n) is 5.57. The molecule has 2 N–H and O–H groups in total. The van der Waals surface area contributed by atoms with E-state index in [1.165, 1.54) is 6.07 Å². The van der Waals surface area contributed by atoms with E-state index in [-0.39, 0.29) is 18.5 Å². The van der Waals surface area contributed by atoms with Crippen LogP contribution < -0.4 is 0 Å². The van der Waals surface area contributed by atoms with E-state index >= 15 is 0 Å². The molecule has 0 amide bonds. The van der Waals surface area contributed by atoms with Crippen molar-refractivity contribution < 1.29 is 14.8 Å².